The standard InChI is InChI=1S/C16H27N3O/c1-2-3-12-20-13-11-18-7-9-19(10-8-18)16-6-4-5-15(17)14-16/h4-6,14H,2-3,7-13,17H2,1H3. The van der Waals surface area contributed by atoms with Crippen molar-refractivity contribution in [1.29, 1.82) is 0 Å². The third-order valence-corrected chi connectivity index (χ3v) is 3.80. The van der Waals surface area contributed by atoms with Crippen LogP contribution in [0.1, 0.15) is 19.8 Å². The van der Waals surface area contributed by atoms with Crippen LogP contribution in [0.2, 0.25) is 0 Å². The van der Waals surface area contributed by atoms with Crippen molar-refractivity contribution in [3.05, 3.63) is 24.3 Å². The second-order valence-electron chi connectivity index (χ2n) is 5.39. The molecule has 112 valence electrons. The summed E-state index contributed by atoms with van der Waals surface area (Å²) >= 11 is 0. The molecule has 4 heteroatoms. The highest BCUT2D eigenvalue weighted by atomic mass is 16.5. The van der Waals surface area contributed by atoms with E-state index in [4.69, 9.17) is 10.5 Å². The van der Waals surface area contributed by atoms with Crippen molar-refractivity contribution in [1.82, 2.24) is 4.90 Å². The van der Waals surface area contributed by atoms with E-state index in [1.807, 2.05) is 12.1 Å². The predicted octanol–water partition coefficient (Wildman–Crippen LogP) is 2.21. The fourth-order valence-electron chi connectivity index (χ4n) is 2.49. The number of hydrogen-bond acceptors (Lipinski definition) is 4. The van der Waals surface area contributed by atoms with Crippen molar-refractivity contribution in [2.24, 2.45) is 0 Å². The van der Waals surface area contributed by atoms with Gasteiger partial charge in [0, 0.05) is 50.7 Å². The number of ether oxygens (including phenoxy) is 1. The smallest absolute Gasteiger partial charge is 0.0593 e. The molecule has 0 atom stereocenters. The predicted molar refractivity (Wildman–Crippen MR) is 85.2 cm³/mol. The van der Waals surface area contributed by atoms with Crippen LogP contribution in [0.3, 0.4) is 0 Å². The Labute approximate surface area is 122 Å². The third-order valence-electron chi connectivity index (χ3n) is 3.80. The zero-order valence-corrected chi connectivity index (χ0v) is 12.6. The van der Waals surface area contributed by atoms with E-state index in [9.17, 15) is 0 Å². The number of piperazine rings is 1. The van der Waals surface area contributed by atoms with E-state index in [-0.39, 0.29) is 0 Å². The van der Waals surface area contributed by atoms with Crippen LogP contribution in [0.4, 0.5) is 11.4 Å². The molecular formula is C16H27N3O. The first-order valence-electron chi connectivity index (χ1n) is 7.70. The van der Waals surface area contributed by atoms with E-state index in [2.05, 4.69) is 28.9 Å². The number of nitrogens with zero attached hydrogens (tertiary/aromatic N) is 2. The lowest BCUT2D eigenvalue weighted by atomic mass is 10.2. The van der Waals surface area contributed by atoms with Gasteiger partial charge in [-0.25, -0.2) is 0 Å². The Balaban J connectivity index is 1.67. The number of unbranched alkanes of at least 4 members (excludes halogenated alkanes) is 1. The Bertz CT molecular complexity index is 389. The van der Waals surface area contributed by atoms with Gasteiger partial charge in [0.25, 0.3) is 0 Å². The van der Waals surface area contributed by atoms with Gasteiger partial charge in [-0.15, -0.1) is 0 Å². The van der Waals surface area contributed by atoms with Crippen LogP contribution in [0.15, 0.2) is 24.3 Å². The second kappa shape index (κ2) is 8.12. The number of nitrogen functional groups attached to an aromatic ring is 1. The van der Waals surface area contributed by atoms with Crippen LogP contribution in [-0.2, 0) is 4.74 Å². The van der Waals surface area contributed by atoms with E-state index >= 15 is 0 Å². The summed E-state index contributed by atoms with van der Waals surface area (Å²) in [5.74, 6) is 0. The van der Waals surface area contributed by atoms with Crippen LogP contribution in [-0.4, -0.2) is 50.8 Å². The number of benzene rings is 1. The van der Waals surface area contributed by atoms with Crippen molar-refractivity contribution in [2.75, 3.05) is 56.6 Å². The summed E-state index contributed by atoms with van der Waals surface area (Å²) in [6.07, 6.45) is 2.38. The molecule has 0 spiro atoms. The Morgan fingerprint density at radius 3 is 2.65 bits per heavy atom. The first kappa shape index (κ1) is 15.1. The molecule has 4 nitrogen and oxygen atoms in total. The van der Waals surface area contributed by atoms with E-state index in [0.29, 0.717) is 0 Å². The van der Waals surface area contributed by atoms with Gasteiger partial charge in [0.2, 0.25) is 0 Å². The zero-order valence-electron chi connectivity index (χ0n) is 12.6. The van der Waals surface area contributed by atoms with E-state index in [1.165, 1.54) is 18.5 Å². The molecular weight excluding hydrogens is 250 g/mol. The Morgan fingerprint density at radius 1 is 1.15 bits per heavy atom. The van der Waals surface area contributed by atoms with Crippen molar-refractivity contribution >= 4 is 11.4 Å². The molecule has 1 fully saturated rings. The maximum Gasteiger partial charge on any atom is 0.0593 e. The molecule has 0 amide bonds. The molecule has 0 radical (unpaired) electrons. The number of nitrogens with two attached hydrogens (primary N) is 1. The van der Waals surface area contributed by atoms with Gasteiger partial charge in [-0.3, -0.25) is 4.90 Å². The lowest BCUT2D eigenvalue weighted by molar-refractivity contribution is 0.0994. The summed E-state index contributed by atoms with van der Waals surface area (Å²) in [7, 11) is 0. The van der Waals surface area contributed by atoms with E-state index in [0.717, 1.165) is 51.6 Å². The maximum absolute atomic E-state index is 5.84. The highest BCUT2D eigenvalue weighted by molar-refractivity contribution is 5.56. The average Bonchev–Trinajstić information content (AvgIpc) is 2.48. The number of rotatable bonds is 7. The molecule has 0 saturated carbocycles. The van der Waals surface area contributed by atoms with Crippen molar-refractivity contribution < 1.29 is 4.74 Å². The minimum absolute atomic E-state index is 0.842. The van der Waals surface area contributed by atoms with Crippen LogP contribution in [0, 0.1) is 0 Å². The summed E-state index contributed by atoms with van der Waals surface area (Å²) in [6.45, 7) is 9.35. The zero-order chi connectivity index (χ0) is 14.2. The van der Waals surface area contributed by atoms with Crippen LogP contribution >= 0.6 is 0 Å². The maximum atomic E-state index is 5.84. The third kappa shape index (κ3) is 4.69. The molecule has 1 aliphatic heterocycles. The SMILES string of the molecule is CCCCOCCN1CCN(c2cccc(N)c2)CC1. The molecule has 0 bridgehead atoms. The van der Waals surface area contributed by atoms with Crippen LogP contribution in [0.25, 0.3) is 0 Å². The average molecular weight is 277 g/mol. The Kier molecular flexibility index (Phi) is 6.15. The molecule has 0 aromatic heterocycles. The Hall–Kier alpha value is -1.26. The highest BCUT2D eigenvalue weighted by Crippen LogP contribution is 2.18. The summed E-state index contributed by atoms with van der Waals surface area (Å²) in [5.41, 5.74) is 7.93. The van der Waals surface area contributed by atoms with Crippen LogP contribution < -0.4 is 10.6 Å². The molecule has 0 aliphatic carbocycles. The van der Waals surface area contributed by atoms with Gasteiger partial charge in [0.15, 0.2) is 0 Å². The topological polar surface area (TPSA) is 41.7 Å². The minimum atomic E-state index is 0.842. The molecule has 1 aromatic rings. The second-order valence-corrected chi connectivity index (χ2v) is 5.39. The molecule has 0 unspecified atom stereocenters. The molecule has 2 rings (SSSR count). The lowest BCUT2D eigenvalue weighted by Crippen LogP contribution is -2.47. The fraction of sp³-hybridized carbons (Fsp3) is 0.625. The van der Waals surface area contributed by atoms with Gasteiger partial charge >= 0.3 is 0 Å². The largest absolute Gasteiger partial charge is 0.399 e. The van der Waals surface area contributed by atoms with Crippen molar-refractivity contribution in [3.63, 3.8) is 0 Å². The van der Waals surface area contributed by atoms with Gasteiger partial charge in [-0.2, -0.15) is 0 Å². The summed E-state index contributed by atoms with van der Waals surface area (Å²) in [6, 6.07) is 8.16. The highest BCUT2D eigenvalue weighted by Gasteiger charge is 2.16. The normalized spacial score (nSPS) is 16.6. The molecule has 2 N–H and O–H groups in total. The number of anilines is 2. The van der Waals surface area contributed by atoms with Gasteiger partial charge in [-0.1, -0.05) is 19.4 Å². The van der Waals surface area contributed by atoms with Gasteiger partial charge in [-0.05, 0) is 24.6 Å². The molecule has 1 heterocycles. The van der Waals surface area contributed by atoms with Crippen LogP contribution in [0.5, 0.6) is 0 Å². The first-order valence-corrected chi connectivity index (χ1v) is 7.70. The van der Waals surface area contributed by atoms with Gasteiger partial charge in [0.05, 0.1) is 6.61 Å². The summed E-state index contributed by atoms with van der Waals surface area (Å²) in [5, 5.41) is 0. The van der Waals surface area contributed by atoms with E-state index < -0.39 is 0 Å². The van der Waals surface area contributed by atoms with E-state index in [1.54, 1.807) is 0 Å². The quantitative estimate of drug-likeness (QED) is 0.613. The Morgan fingerprint density at radius 2 is 1.95 bits per heavy atom. The van der Waals surface area contributed by atoms with Gasteiger partial charge in [0.1, 0.15) is 0 Å². The fourth-order valence-corrected chi connectivity index (χ4v) is 2.49. The molecule has 1 aliphatic rings. The molecule has 20 heavy (non-hydrogen) atoms. The number of hydrogen-bond donors (Lipinski definition) is 1. The summed E-state index contributed by atoms with van der Waals surface area (Å²) < 4.78 is 5.63. The monoisotopic (exact) mass is 277 g/mol. The van der Waals surface area contributed by atoms with Crippen molar-refractivity contribution in [2.45, 2.75) is 19.8 Å². The lowest BCUT2D eigenvalue weighted by Gasteiger charge is -2.36. The summed E-state index contributed by atoms with van der Waals surface area (Å²) in [4.78, 5) is 4.89. The molecule has 1 aromatic carbocycles. The van der Waals surface area contributed by atoms with Gasteiger partial charge < -0.3 is 15.4 Å². The molecule has 1 saturated heterocycles. The first-order chi connectivity index (χ1) is 9.79. The minimum Gasteiger partial charge on any atom is -0.399 e. The van der Waals surface area contributed by atoms with Crippen molar-refractivity contribution in [3.8, 4) is 0 Å².